The van der Waals surface area contributed by atoms with Gasteiger partial charge in [0.2, 0.25) is 0 Å². The third-order valence-electron chi connectivity index (χ3n) is 7.15. The molecule has 1 atom stereocenters. The molecule has 11 heteroatoms. The topological polar surface area (TPSA) is 68.6 Å². The zero-order valence-corrected chi connectivity index (χ0v) is 23.2. The summed E-state index contributed by atoms with van der Waals surface area (Å²) in [5.74, 6) is 0.905. The minimum atomic E-state index is -4.73. The predicted molar refractivity (Wildman–Crippen MR) is 147 cm³/mol. The molecule has 2 heterocycles. The number of ether oxygens (including phenoxy) is 1. The molecule has 0 radical (unpaired) electrons. The number of aryl methyl sites for hydroxylation is 1. The van der Waals surface area contributed by atoms with Crippen molar-refractivity contribution in [3.63, 3.8) is 0 Å². The van der Waals surface area contributed by atoms with Crippen molar-refractivity contribution in [2.24, 2.45) is 5.92 Å². The Morgan fingerprint density at radius 3 is 2.42 bits per heavy atom. The maximum absolute atomic E-state index is 13.6. The molecule has 1 unspecified atom stereocenters. The van der Waals surface area contributed by atoms with E-state index in [9.17, 15) is 18.0 Å². The molecular formula is C27H32ClF3N4O2S. The average Bonchev–Trinajstić information content (AvgIpc) is 3.05. The van der Waals surface area contributed by atoms with Gasteiger partial charge in [0.1, 0.15) is 11.3 Å². The van der Waals surface area contributed by atoms with E-state index < -0.39 is 34.2 Å². The number of piperidine rings is 1. The van der Waals surface area contributed by atoms with E-state index in [2.05, 4.69) is 17.9 Å². The molecule has 0 saturated carbocycles. The first-order valence-corrected chi connectivity index (χ1v) is 12.9. The molecular weight excluding hydrogens is 537 g/mol. The van der Waals surface area contributed by atoms with Gasteiger partial charge in [0, 0.05) is 11.4 Å². The van der Waals surface area contributed by atoms with Crippen molar-refractivity contribution in [1.29, 1.82) is 5.26 Å². The molecule has 0 aromatic heterocycles. The first-order valence-electron chi connectivity index (χ1n) is 12.4. The molecule has 38 heavy (non-hydrogen) atoms. The number of rotatable bonds is 6. The summed E-state index contributed by atoms with van der Waals surface area (Å²) >= 11 is 4.68. The summed E-state index contributed by atoms with van der Waals surface area (Å²) in [6, 6.07) is 10.6. The van der Waals surface area contributed by atoms with Crippen LogP contribution in [0.2, 0.25) is 0 Å². The standard InChI is InChI=1S/C27H31F3N4O2S.ClH/c1-4-18-13-21(7-8-23(18)36-16-17-9-11-32-12-10-17)34-25(37)33(24(35)26(34,2)3)20-6-5-19(15-31)22(14-20)27(28,29)30;/h5-8,13-14,17,25,32,37H,4,9-12,16H2,1-3H3;1H. The Morgan fingerprint density at radius 2 is 1.82 bits per heavy atom. The normalized spacial score (nSPS) is 19.7. The Hall–Kier alpha value is -2.61. The minimum Gasteiger partial charge on any atom is -0.493 e. The molecule has 2 fully saturated rings. The fourth-order valence-electron chi connectivity index (χ4n) is 5.02. The predicted octanol–water partition coefficient (Wildman–Crippen LogP) is 5.78. The Morgan fingerprint density at radius 1 is 1.16 bits per heavy atom. The van der Waals surface area contributed by atoms with Crippen molar-refractivity contribution < 1.29 is 22.7 Å². The summed E-state index contributed by atoms with van der Waals surface area (Å²) in [6.07, 6.45) is -1.87. The number of anilines is 2. The van der Waals surface area contributed by atoms with Crippen LogP contribution in [0.3, 0.4) is 0 Å². The van der Waals surface area contributed by atoms with Gasteiger partial charge >= 0.3 is 6.18 Å². The van der Waals surface area contributed by atoms with Gasteiger partial charge in [-0.15, -0.1) is 25.0 Å². The first-order chi connectivity index (χ1) is 17.5. The number of nitrogens with zero attached hydrogens (tertiary/aromatic N) is 3. The fourth-order valence-corrected chi connectivity index (χ4v) is 5.68. The van der Waals surface area contributed by atoms with Crippen molar-refractivity contribution >= 4 is 42.3 Å². The van der Waals surface area contributed by atoms with Crippen LogP contribution in [0.5, 0.6) is 5.75 Å². The quantitative estimate of drug-likeness (QED) is 0.432. The number of hydrogen-bond donors (Lipinski definition) is 2. The monoisotopic (exact) mass is 568 g/mol. The van der Waals surface area contributed by atoms with E-state index in [-0.39, 0.29) is 18.1 Å². The number of carbonyl (C=O) groups excluding carboxylic acids is 1. The number of nitriles is 1. The molecule has 2 saturated heterocycles. The lowest BCUT2D eigenvalue weighted by atomic mass is 9.99. The van der Waals surface area contributed by atoms with Crippen LogP contribution in [0.25, 0.3) is 0 Å². The number of halogens is 4. The van der Waals surface area contributed by atoms with Crippen molar-refractivity contribution in [1.82, 2.24) is 5.32 Å². The highest BCUT2D eigenvalue weighted by molar-refractivity contribution is 7.81. The first kappa shape index (κ1) is 29.9. The lowest BCUT2D eigenvalue weighted by Gasteiger charge is -2.34. The zero-order valence-electron chi connectivity index (χ0n) is 21.5. The highest BCUT2D eigenvalue weighted by atomic mass is 35.5. The van der Waals surface area contributed by atoms with Crippen LogP contribution in [0.15, 0.2) is 36.4 Å². The van der Waals surface area contributed by atoms with Gasteiger partial charge in [0.15, 0.2) is 5.50 Å². The van der Waals surface area contributed by atoms with Crippen LogP contribution in [-0.4, -0.2) is 36.6 Å². The number of alkyl halides is 3. The number of hydrogen-bond acceptors (Lipinski definition) is 6. The highest BCUT2D eigenvalue weighted by Crippen LogP contribution is 2.43. The second-order valence-corrected chi connectivity index (χ2v) is 10.4. The van der Waals surface area contributed by atoms with E-state index in [1.54, 1.807) is 24.8 Å². The summed E-state index contributed by atoms with van der Waals surface area (Å²) in [6.45, 7) is 8.10. The Kier molecular flexibility index (Phi) is 9.17. The summed E-state index contributed by atoms with van der Waals surface area (Å²) in [5.41, 5.74) is -1.79. The third kappa shape index (κ3) is 5.70. The third-order valence-corrected chi connectivity index (χ3v) is 7.61. The summed E-state index contributed by atoms with van der Waals surface area (Å²) < 4.78 is 46.9. The molecule has 206 valence electrons. The molecule has 4 rings (SSSR count). The molecule has 0 spiro atoms. The largest absolute Gasteiger partial charge is 0.493 e. The second kappa shape index (κ2) is 11.6. The lowest BCUT2D eigenvalue weighted by molar-refractivity contribution is -0.137. The lowest BCUT2D eigenvalue weighted by Crippen LogP contribution is -2.45. The molecule has 2 aliphatic rings. The van der Waals surface area contributed by atoms with E-state index in [0.717, 1.165) is 55.1 Å². The van der Waals surface area contributed by atoms with Crippen molar-refractivity contribution in [2.45, 2.75) is 57.2 Å². The van der Waals surface area contributed by atoms with Crippen LogP contribution in [0.4, 0.5) is 24.5 Å². The van der Waals surface area contributed by atoms with Crippen LogP contribution in [-0.2, 0) is 17.4 Å². The van der Waals surface area contributed by atoms with Crippen LogP contribution in [0.1, 0.15) is 50.3 Å². The van der Waals surface area contributed by atoms with Crippen molar-refractivity contribution in [2.75, 3.05) is 29.5 Å². The fraction of sp³-hybridized carbons (Fsp3) is 0.481. The molecule has 1 amide bonds. The molecule has 0 bridgehead atoms. The van der Waals surface area contributed by atoms with Gasteiger partial charge in [-0.05, 0) is 94.1 Å². The van der Waals surface area contributed by atoms with Gasteiger partial charge in [-0.2, -0.15) is 18.4 Å². The van der Waals surface area contributed by atoms with E-state index in [1.807, 2.05) is 25.1 Å². The molecule has 2 aliphatic heterocycles. The van der Waals surface area contributed by atoms with Crippen molar-refractivity contribution in [3.8, 4) is 11.8 Å². The zero-order chi connectivity index (χ0) is 27.0. The van der Waals surface area contributed by atoms with Gasteiger partial charge in [-0.25, -0.2) is 0 Å². The molecule has 2 aromatic carbocycles. The summed E-state index contributed by atoms with van der Waals surface area (Å²) in [7, 11) is 0. The minimum absolute atomic E-state index is 0. The summed E-state index contributed by atoms with van der Waals surface area (Å²) in [4.78, 5) is 16.5. The average molecular weight is 569 g/mol. The van der Waals surface area contributed by atoms with E-state index in [0.29, 0.717) is 18.9 Å². The van der Waals surface area contributed by atoms with Gasteiger partial charge in [-0.3, -0.25) is 9.69 Å². The maximum atomic E-state index is 13.6. The summed E-state index contributed by atoms with van der Waals surface area (Å²) in [5, 5.41) is 12.5. The van der Waals surface area contributed by atoms with Crippen LogP contribution in [0, 0.1) is 17.2 Å². The van der Waals surface area contributed by atoms with E-state index >= 15 is 0 Å². The Balaban J connectivity index is 0.00000400. The van der Waals surface area contributed by atoms with Gasteiger partial charge in [-0.1, -0.05) is 6.92 Å². The SMILES string of the molecule is CCc1cc(N2C(S)N(c3ccc(C#N)c(C(F)(F)F)c3)C(=O)C2(C)C)ccc1OCC1CCNCC1.Cl. The number of benzene rings is 2. The van der Waals surface area contributed by atoms with Gasteiger partial charge < -0.3 is 15.0 Å². The van der Waals surface area contributed by atoms with Gasteiger partial charge in [0.25, 0.3) is 5.91 Å². The second-order valence-electron chi connectivity index (χ2n) is 9.94. The Labute approximate surface area is 232 Å². The van der Waals surface area contributed by atoms with Gasteiger partial charge in [0.05, 0.1) is 23.8 Å². The highest BCUT2D eigenvalue weighted by Gasteiger charge is 2.51. The number of amides is 1. The van der Waals surface area contributed by atoms with Crippen LogP contribution >= 0.6 is 25.0 Å². The van der Waals surface area contributed by atoms with E-state index in [1.165, 1.54) is 11.0 Å². The molecule has 2 aromatic rings. The number of nitrogens with one attached hydrogen (secondary N) is 1. The Bertz CT molecular complexity index is 1210. The van der Waals surface area contributed by atoms with E-state index in [4.69, 9.17) is 10.00 Å². The number of carbonyl (C=O) groups is 1. The molecule has 6 nitrogen and oxygen atoms in total. The molecule has 0 aliphatic carbocycles. The smallest absolute Gasteiger partial charge is 0.417 e. The molecule has 1 N–H and O–H groups in total. The van der Waals surface area contributed by atoms with Crippen molar-refractivity contribution in [3.05, 3.63) is 53.1 Å². The number of thiol groups is 1. The van der Waals surface area contributed by atoms with Crippen LogP contribution < -0.4 is 19.9 Å². The maximum Gasteiger partial charge on any atom is 0.417 e.